The predicted octanol–water partition coefficient (Wildman–Crippen LogP) is 0.0449. The second kappa shape index (κ2) is 6.99. The molecule has 1 aromatic rings. The topological polar surface area (TPSA) is 144 Å². The van der Waals surface area contributed by atoms with E-state index in [4.69, 9.17) is 5.14 Å². The van der Waals surface area contributed by atoms with Crippen LogP contribution < -0.4 is 15.8 Å². The molecule has 0 fully saturated rings. The second-order valence-electron chi connectivity index (χ2n) is 4.14. The number of nitro groups is 1. The SMILES string of the molecule is CCNc1ccc([N+](=O)[O-])cc1C(=O)NCCS(N)(=O)=O. The average Bonchev–Trinajstić information content (AvgIpc) is 2.37. The Labute approximate surface area is 121 Å². The van der Waals surface area contributed by atoms with Gasteiger partial charge in [0.1, 0.15) is 0 Å². The number of nitro benzene ring substituents is 1. The molecule has 0 aliphatic heterocycles. The Kier molecular flexibility index (Phi) is 5.61. The molecule has 0 aliphatic carbocycles. The molecule has 0 bridgehead atoms. The third kappa shape index (κ3) is 5.36. The molecule has 0 aromatic heterocycles. The number of nitrogens with one attached hydrogen (secondary N) is 2. The van der Waals surface area contributed by atoms with E-state index in [9.17, 15) is 23.3 Å². The molecule has 1 aromatic carbocycles. The van der Waals surface area contributed by atoms with Crippen molar-refractivity contribution in [2.24, 2.45) is 5.14 Å². The van der Waals surface area contributed by atoms with Gasteiger partial charge in [-0.05, 0) is 13.0 Å². The molecule has 1 amide bonds. The molecule has 0 heterocycles. The minimum atomic E-state index is -3.68. The molecule has 0 spiro atoms. The Balaban J connectivity index is 2.94. The Morgan fingerprint density at radius 2 is 2.10 bits per heavy atom. The van der Waals surface area contributed by atoms with E-state index in [1.165, 1.54) is 12.1 Å². The molecule has 0 saturated heterocycles. The van der Waals surface area contributed by atoms with Crippen molar-refractivity contribution in [1.82, 2.24) is 5.32 Å². The van der Waals surface area contributed by atoms with Crippen LogP contribution in [-0.4, -0.2) is 38.1 Å². The maximum Gasteiger partial charge on any atom is 0.270 e. The first-order valence-corrected chi connectivity index (χ1v) is 7.77. The highest BCUT2D eigenvalue weighted by molar-refractivity contribution is 7.89. The van der Waals surface area contributed by atoms with Gasteiger partial charge in [0.25, 0.3) is 11.6 Å². The van der Waals surface area contributed by atoms with Crippen LogP contribution in [0.15, 0.2) is 18.2 Å². The van der Waals surface area contributed by atoms with Gasteiger partial charge in [-0.1, -0.05) is 0 Å². The first-order chi connectivity index (χ1) is 9.74. The first kappa shape index (κ1) is 16.9. The lowest BCUT2D eigenvalue weighted by Gasteiger charge is -2.10. The lowest BCUT2D eigenvalue weighted by Crippen LogP contribution is -2.31. The maximum absolute atomic E-state index is 12.0. The third-order valence-electron chi connectivity index (χ3n) is 2.50. The minimum absolute atomic E-state index is 0.0699. The van der Waals surface area contributed by atoms with Crippen molar-refractivity contribution in [2.45, 2.75) is 6.92 Å². The van der Waals surface area contributed by atoms with E-state index in [0.29, 0.717) is 12.2 Å². The molecule has 0 atom stereocenters. The van der Waals surface area contributed by atoms with Crippen LogP contribution in [0, 0.1) is 10.1 Å². The zero-order chi connectivity index (χ0) is 16.0. The largest absolute Gasteiger partial charge is 0.385 e. The molecular formula is C11H16N4O5S. The summed E-state index contributed by atoms with van der Waals surface area (Å²) in [5.41, 5.74) is 0.268. The fraction of sp³-hybridized carbons (Fsp3) is 0.364. The number of nitrogens with two attached hydrogens (primary N) is 1. The van der Waals surface area contributed by atoms with Crippen molar-refractivity contribution < 1.29 is 18.1 Å². The van der Waals surface area contributed by atoms with E-state index in [1.807, 2.05) is 6.92 Å². The zero-order valence-corrected chi connectivity index (χ0v) is 12.1. The quantitative estimate of drug-likeness (QED) is 0.478. The van der Waals surface area contributed by atoms with Crippen LogP contribution in [0.5, 0.6) is 0 Å². The summed E-state index contributed by atoms with van der Waals surface area (Å²) in [6, 6.07) is 3.83. The van der Waals surface area contributed by atoms with Gasteiger partial charge in [-0.3, -0.25) is 14.9 Å². The van der Waals surface area contributed by atoms with Crippen molar-refractivity contribution in [2.75, 3.05) is 24.2 Å². The molecule has 10 heteroatoms. The van der Waals surface area contributed by atoms with E-state index in [1.54, 1.807) is 0 Å². The molecule has 0 radical (unpaired) electrons. The van der Waals surface area contributed by atoms with Crippen LogP contribution in [0.4, 0.5) is 11.4 Å². The molecule has 21 heavy (non-hydrogen) atoms. The fourth-order valence-corrected chi connectivity index (χ4v) is 1.97. The highest BCUT2D eigenvalue weighted by Gasteiger charge is 2.16. The molecule has 116 valence electrons. The number of nitrogens with zero attached hydrogens (tertiary/aromatic N) is 1. The van der Waals surface area contributed by atoms with E-state index >= 15 is 0 Å². The van der Waals surface area contributed by atoms with Gasteiger partial charge < -0.3 is 10.6 Å². The van der Waals surface area contributed by atoms with Gasteiger partial charge in [0.2, 0.25) is 10.0 Å². The highest BCUT2D eigenvalue weighted by Crippen LogP contribution is 2.22. The van der Waals surface area contributed by atoms with Gasteiger partial charge in [-0.25, -0.2) is 13.6 Å². The van der Waals surface area contributed by atoms with Crippen molar-refractivity contribution in [3.05, 3.63) is 33.9 Å². The minimum Gasteiger partial charge on any atom is -0.385 e. The Hall–Kier alpha value is -2.20. The fourth-order valence-electron chi connectivity index (χ4n) is 1.58. The number of non-ortho nitro benzene ring substituents is 1. The number of rotatable bonds is 7. The number of primary sulfonamides is 1. The van der Waals surface area contributed by atoms with Crippen molar-refractivity contribution in [3.63, 3.8) is 0 Å². The summed E-state index contributed by atoms with van der Waals surface area (Å²) in [6.07, 6.45) is 0. The number of carbonyl (C=O) groups excluding carboxylic acids is 1. The average molecular weight is 316 g/mol. The number of hydrogen-bond acceptors (Lipinski definition) is 6. The molecule has 0 aliphatic rings. The summed E-state index contributed by atoms with van der Waals surface area (Å²) in [7, 11) is -3.68. The lowest BCUT2D eigenvalue weighted by molar-refractivity contribution is -0.384. The number of carbonyl (C=O) groups is 1. The summed E-state index contributed by atoms with van der Waals surface area (Å²) < 4.78 is 21.6. The van der Waals surface area contributed by atoms with Gasteiger partial charge in [-0.2, -0.15) is 0 Å². The molecule has 9 nitrogen and oxygen atoms in total. The summed E-state index contributed by atoms with van der Waals surface area (Å²) in [5.74, 6) is -1.03. The molecule has 0 unspecified atom stereocenters. The van der Waals surface area contributed by atoms with Crippen molar-refractivity contribution in [3.8, 4) is 0 Å². The van der Waals surface area contributed by atoms with Crippen molar-refractivity contribution in [1.29, 1.82) is 0 Å². The molecule has 4 N–H and O–H groups in total. The monoisotopic (exact) mass is 316 g/mol. The summed E-state index contributed by atoms with van der Waals surface area (Å²) in [6.45, 7) is 2.16. The predicted molar refractivity (Wildman–Crippen MR) is 77.6 cm³/mol. The highest BCUT2D eigenvalue weighted by atomic mass is 32.2. The van der Waals surface area contributed by atoms with Gasteiger partial charge in [0.05, 0.1) is 16.2 Å². The van der Waals surface area contributed by atoms with E-state index in [2.05, 4.69) is 10.6 Å². The van der Waals surface area contributed by atoms with E-state index in [-0.39, 0.29) is 17.8 Å². The summed E-state index contributed by atoms with van der Waals surface area (Å²) in [4.78, 5) is 22.1. The Morgan fingerprint density at radius 1 is 1.43 bits per heavy atom. The van der Waals surface area contributed by atoms with Gasteiger partial charge in [-0.15, -0.1) is 0 Å². The number of sulfonamides is 1. The third-order valence-corrected chi connectivity index (χ3v) is 3.27. The summed E-state index contributed by atoms with van der Waals surface area (Å²) >= 11 is 0. The van der Waals surface area contributed by atoms with Gasteiger partial charge in [0.15, 0.2) is 0 Å². The summed E-state index contributed by atoms with van der Waals surface area (Å²) in [5, 5.41) is 20.8. The van der Waals surface area contributed by atoms with Crippen LogP contribution in [0.3, 0.4) is 0 Å². The van der Waals surface area contributed by atoms with Crippen LogP contribution >= 0.6 is 0 Å². The lowest BCUT2D eigenvalue weighted by atomic mass is 10.1. The van der Waals surface area contributed by atoms with Crippen LogP contribution in [0.1, 0.15) is 17.3 Å². The number of amides is 1. The van der Waals surface area contributed by atoms with Gasteiger partial charge >= 0.3 is 0 Å². The number of hydrogen-bond donors (Lipinski definition) is 3. The van der Waals surface area contributed by atoms with Crippen molar-refractivity contribution >= 4 is 27.3 Å². The van der Waals surface area contributed by atoms with E-state index in [0.717, 1.165) is 6.07 Å². The number of benzene rings is 1. The smallest absolute Gasteiger partial charge is 0.270 e. The molecule has 1 rings (SSSR count). The molecular weight excluding hydrogens is 300 g/mol. The second-order valence-corrected chi connectivity index (χ2v) is 5.87. The van der Waals surface area contributed by atoms with E-state index < -0.39 is 26.6 Å². The van der Waals surface area contributed by atoms with Crippen LogP contribution in [0.2, 0.25) is 0 Å². The normalized spacial score (nSPS) is 11.0. The van der Waals surface area contributed by atoms with Crippen LogP contribution in [0.25, 0.3) is 0 Å². The maximum atomic E-state index is 12.0. The standard InChI is InChI=1S/C11H16N4O5S/c1-2-13-10-4-3-8(15(17)18)7-9(10)11(16)14-5-6-21(12,19)20/h3-4,7,13H,2,5-6H2,1H3,(H,14,16)(H2,12,19,20). The Morgan fingerprint density at radius 3 is 2.62 bits per heavy atom. The van der Waals surface area contributed by atoms with Crippen LogP contribution in [-0.2, 0) is 10.0 Å². The van der Waals surface area contributed by atoms with Gasteiger partial charge in [0, 0.05) is 30.9 Å². The number of anilines is 1. The molecule has 0 saturated carbocycles. The Bertz CT molecular complexity index is 644. The zero-order valence-electron chi connectivity index (χ0n) is 11.3. The first-order valence-electron chi connectivity index (χ1n) is 6.05.